The molecule has 1 aliphatic rings. The van der Waals surface area contributed by atoms with Gasteiger partial charge in [-0.05, 0) is 20.8 Å². The summed E-state index contributed by atoms with van der Waals surface area (Å²) in [4.78, 5) is 0. The fraction of sp³-hybridized carbons (Fsp3) is 1.00. The van der Waals surface area contributed by atoms with E-state index in [0.717, 1.165) is 13.8 Å². The van der Waals surface area contributed by atoms with Gasteiger partial charge in [0, 0.05) is 0 Å². The normalized spacial score (nSPS) is 42.4. The van der Waals surface area contributed by atoms with Crippen LogP contribution in [0.25, 0.3) is 0 Å². The van der Waals surface area contributed by atoms with Gasteiger partial charge in [-0.15, -0.1) is 4.13 Å². The third kappa shape index (κ3) is 1.36. The summed E-state index contributed by atoms with van der Waals surface area (Å²) in [6.07, 6.45) is 0. The smallest absolute Gasteiger partial charge is 0.235 e. The molecule has 90 valence electrons. The van der Waals surface area contributed by atoms with Crippen LogP contribution in [0.3, 0.4) is 0 Å². The maximum atomic E-state index is 13.8. The highest BCUT2D eigenvalue weighted by atomic mass is 32.3. The second-order valence-electron chi connectivity index (χ2n) is 3.89. The van der Waals surface area contributed by atoms with Gasteiger partial charge in [0.25, 0.3) is 0 Å². The number of rotatable bonds is 0. The Morgan fingerprint density at radius 1 is 1.13 bits per heavy atom. The minimum Gasteiger partial charge on any atom is -0.235 e. The zero-order chi connectivity index (χ0) is 12.3. The van der Waals surface area contributed by atoms with Crippen LogP contribution in [0.1, 0.15) is 20.8 Å². The molecule has 0 bridgehead atoms. The second-order valence-corrected chi connectivity index (χ2v) is 7.63. The van der Waals surface area contributed by atoms with Gasteiger partial charge in [0.1, 0.15) is 4.75 Å². The van der Waals surface area contributed by atoms with Gasteiger partial charge in [-0.25, -0.2) is 17.0 Å². The van der Waals surface area contributed by atoms with E-state index in [0.29, 0.717) is 6.92 Å². The van der Waals surface area contributed by atoms with Crippen LogP contribution in [0.4, 0.5) is 13.2 Å². The fourth-order valence-electron chi connectivity index (χ4n) is 1.03. The summed E-state index contributed by atoms with van der Waals surface area (Å²) in [5.74, 6) is 0. The molecule has 4 nitrogen and oxygen atoms in total. The molecule has 0 amide bonds. The van der Waals surface area contributed by atoms with Gasteiger partial charge in [0.2, 0.25) is 15.7 Å². The third-order valence-electron chi connectivity index (χ3n) is 2.77. The van der Waals surface area contributed by atoms with Gasteiger partial charge in [0.15, 0.2) is 11.0 Å². The van der Waals surface area contributed by atoms with Crippen molar-refractivity contribution < 1.29 is 25.8 Å². The minimum absolute atomic E-state index is 0.434. The van der Waals surface area contributed by atoms with Crippen molar-refractivity contribution in [2.24, 2.45) is 0 Å². The van der Waals surface area contributed by atoms with E-state index in [1.807, 2.05) is 0 Å². The standard InChI is InChI=1S/C6H10F3NO3S2/c1-4(2)5(3,7)6(8,9)14(11)10-15(4,12)13/h10H,1-3H3. The van der Waals surface area contributed by atoms with Gasteiger partial charge in [0.05, 0.1) is 0 Å². The van der Waals surface area contributed by atoms with Crippen molar-refractivity contribution in [1.82, 2.24) is 4.13 Å². The molecular weight excluding hydrogens is 255 g/mol. The van der Waals surface area contributed by atoms with Crippen LogP contribution in [0.15, 0.2) is 0 Å². The van der Waals surface area contributed by atoms with Gasteiger partial charge >= 0.3 is 5.25 Å². The van der Waals surface area contributed by atoms with E-state index in [1.54, 1.807) is 0 Å². The zero-order valence-electron chi connectivity index (χ0n) is 8.18. The van der Waals surface area contributed by atoms with Crippen LogP contribution < -0.4 is 4.13 Å². The summed E-state index contributed by atoms with van der Waals surface area (Å²) in [7, 11) is -7.68. The predicted octanol–water partition coefficient (Wildman–Crippen LogP) is 0.683. The van der Waals surface area contributed by atoms with Gasteiger partial charge < -0.3 is 0 Å². The first-order valence-electron chi connectivity index (χ1n) is 3.88. The Bertz CT molecular complexity index is 415. The molecule has 0 aromatic carbocycles. The number of hydrogen-bond acceptors (Lipinski definition) is 3. The van der Waals surface area contributed by atoms with Crippen LogP contribution in [0.2, 0.25) is 0 Å². The van der Waals surface area contributed by atoms with Crippen LogP contribution in [-0.2, 0) is 21.0 Å². The Labute approximate surface area is 87.9 Å². The molecule has 1 aliphatic heterocycles. The first-order chi connectivity index (χ1) is 6.38. The lowest BCUT2D eigenvalue weighted by Crippen LogP contribution is -2.70. The Hall–Kier alpha value is -0.150. The van der Waals surface area contributed by atoms with Crippen molar-refractivity contribution in [1.29, 1.82) is 0 Å². The van der Waals surface area contributed by atoms with Crippen LogP contribution >= 0.6 is 0 Å². The Morgan fingerprint density at radius 2 is 1.53 bits per heavy atom. The summed E-state index contributed by atoms with van der Waals surface area (Å²) in [5, 5.41) is -4.26. The van der Waals surface area contributed by atoms with Crippen molar-refractivity contribution in [2.75, 3.05) is 0 Å². The average molecular weight is 265 g/mol. The Morgan fingerprint density at radius 3 is 1.93 bits per heavy atom. The van der Waals surface area contributed by atoms with Gasteiger partial charge in [-0.1, -0.05) is 0 Å². The van der Waals surface area contributed by atoms with Crippen molar-refractivity contribution >= 4 is 21.0 Å². The summed E-state index contributed by atoms with van der Waals surface area (Å²) in [6, 6.07) is 0. The van der Waals surface area contributed by atoms with E-state index in [4.69, 9.17) is 0 Å². The first kappa shape index (κ1) is 12.9. The van der Waals surface area contributed by atoms with Gasteiger partial charge in [-0.2, -0.15) is 8.78 Å². The lowest BCUT2D eigenvalue weighted by molar-refractivity contribution is -0.0784. The van der Waals surface area contributed by atoms with Crippen molar-refractivity contribution in [3.63, 3.8) is 0 Å². The summed E-state index contributed by atoms with van der Waals surface area (Å²) in [5.41, 5.74) is -3.41. The van der Waals surface area contributed by atoms with Crippen LogP contribution in [0.5, 0.6) is 0 Å². The quantitative estimate of drug-likeness (QED) is 0.700. The number of sulfonamides is 1. The molecule has 1 saturated heterocycles. The molecule has 9 heteroatoms. The van der Waals surface area contributed by atoms with E-state index in [-0.39, 0.29) is 0 Å². The molecule has 1 heterocycles. The molecule has 1 rings (SSSR count). The highest BCUT2D eigenvalue weighted by molar-refractivity contribution is 8.03. The molecule has 2 unspecified atom stereocenters. The van der Waals surface area contributed by atoms with Crippen LogP contribution in [-0.4, -0.2) is 28.3 Å². The maximum absolute atomic E-state index is 13.8. The Kier molecular flexibility index (Phi) is 2.54. The molecule has 15 heavy (non-hydrogen) atoms. The van der Waals surface area contributed by atoms with E-state index in [1.165, 1.54) is 4.13 Å². The SMILES string of the molecule is CC1(F)C(F)(F)S(=O)NS(=O)(=O)C1(C)C. The highest BCUT2D eigenvalue weighted by Crippen LogP contribution is 2.48. The van der Waals surface area contributed by atoms with E-state index in [9.17, 15) is 25.8 Å². The summed E-state index contributed by atoms with van der Waals surface area (Å²) >= 11 is 0. The number of hydrogen-bond donors (Lipinski definition) is 1. The molecule has 0 aliphatic carbocycles. The molecule has 0 aromatic heterocycles. The molecule has 0 saturated carbocycles. The first-order valence-corrected chi connectivity index (χ1v) is 6.52. The topological polar surface area (TPSA) is 63.2 Å². The van der Waals surface area contributed by atoms with Crippen molar-refractivity contribution in [3.05, 3.63) is 0 Å². The minimum atomic E-state index is -4.39. The zero-order valence-corrected chi connectivity index (χ0v) is 9.81. The predicted molar refractivity (Wildman–Crippen MR) is 48.7 cm³/mol. The monoisotopic (exact) mass is 265 g/mol. The number of alkyl halides is 3. The molecule has 0 aromatic rings. The number of nitrogens with one attached hydrogen (secondary N) is 1. The van der Waals surface area contributed by atoms with Crippen molar-refractivity contribution in [2.45, 2.75) is 36.4 Å². The molecule has 0 radical (unpaired) electrons. The van der Waals surface area contributed by atoms with Gasteiger partial charge in [-0.3, -0.25) is 0 Å². The Balaban J connectivity index is 3.50. The molecule has 1 fully saturated rings. The lowest BCUT2D eigenvalue weighted by atomic mass is 9.93. The largest absolute Gasteiger partial charge is 0.369 e. The van der Waals surface area contributed by atoms with Crippen LogP contribution in [0, 0.1) is 0 Å². The van der Waals surface area contributed by atoms with Crippen molar-refractivity contribution in [3.8, 4) is 0 Å². The third-order valence-corrected chi connectivity index (χ3v) is 6.83. The molecule has 1 N–H and O–H groups in total. The second kappa shape index (κ2) is 2.95. The molecule has 2 atom stereocenters. The fourth-order valence-corrected chi connectivity index (χ4v) is 4.38. The summed E-state index contributed by atoms with van der Waals surface area (Å²) in [6.45, 7) is 2.07. The van der Waals surface area contributed by atoms with E-state index in [2.05, 4.69) is 0 Å². The summed E-state index contributed by atoms with van der Waals surface area (Å²) < 4.78 is 72.7. The average Bonchev–Trinajstić information content (AvgIpc) is 2.00. The lowest BCUT2D eigenvalue weighted by Gasteiger charge is -2.44. The maximum Gasteiger partial charge on any atom is 0.369 e. The van der Waals surface area contributed by atoms with E-state index >= 15 is 0 Å². The molecule has 0 spiro atoms. The molecular formula is C6H10F3NO3S2. The highest BCUT2D eigenvalue weighted by Gasteiger charge is 2.72. The number of halogens is 3. The van der Waals surface area contributed by atoms with E-state index < -0.39 is 36.7 Å².